The number of aromatic amines is 1. The normalized spacial score (nSPS) is 20.0. The van der Waals surface area contributed by atoms with E-state index in [1.165, 1.54) is 31.4 Å². The Labute approximate surface area is 96.7 Å². The van der Waals surface area contributed by atoms with Crippen LogP contribution in [0.5, 0.6) is 0 Å². The second kappa shape index (κ2) is 3.78. The van der Waals surface area contributed by atoms with Crippen molar-refractivity contribution in [2.45, 2.75) is 57.9 Å². The fourth-order valence-electron chi connectivity index (χ4n) is 2.72. The molecular weight excluding hydrogens is 204 g/mol. The summed E-state index contributed by atoms with van der Waals surface area (Å²) in [5.74, 6) is 0.537. The van der Waals surface area contributed by atoms with Gasteiger partial charge in [0.05, 0.1) is 0 Å². The van der Waals surface area contributed by atoms with Crippen LogP contribution in [0.3, 0.4) is 0 Å². The number of imidazole rings is 1. The van der Waals surface area contributed by atoms with Gasteiger partial charge in [-0.25, -0.2) is 0 Å². The van der Waals surface area contributed by atoms with Gasteiger partial charge in [0, 0.05) is 17.4 Å². The number of rotatable bonds is 2. The van der Waals surface area contributed by atoms with E-state index in [1.807, 2.05) is 0 Å². The molecule has 0 amide bonds. The maximum absolute atomic E-state index is 5.41. The summed E-state index contributed by atoms with van der Waals surface area (Å²) in [7, 11) is 0. The van der Waals surface area contributed by atoms with Gasteiger partial charge in [-0.15, -0.1) is 0 Å². The number of aromatic nitrogens is 2. The van der Waals surface area contributed by atoms with Gasteiger partial charge in [-0.1, -0.05) is 26.7 Å². The zero-order valence-corrected chi connectivity index (χ0v) is 10.7. The topological polar surface area (TPSA) is 20.7 Å². The molecule has 0 bridgehead atoms. The Balaban J connectivity index is 2.50. The van der Waals surface area contributed by atoms with Crippen molar-refractivity contribution < 1.29 is 0 Å². The Hall–Kier alpha value is -0.570. The van der Waals surface area contributed by atoms with Gasteiger partial charge in [0.1, 0.15) is 0 Å². The highest BCUT2D eigenvalue weighted by Crippen LogP contribution is 2.38. The largest absolute Gasteiger partial charge is 0.337 e. The number of nitrogens with zero attached hydrogens (tertiary/aromatic N) is 1. The van der Waals surface area contributed by atoms with Gasteiger partial charge in [0.15, 0.2) is 4.77 Å². The summed E-state index contributed by atoms with van der Waals surface area (Å²) in [5, 5.41) is 0. The smallest absolute Gasteiger partial charge is 0.177 e. The van der Waals surface area contributed by atoms with Gasteiger partial charge in [0.2, 0.25) is 0 Å². The van der Waals surface area contributed by atoms with Crippen LogP contribution in [0.4, 0.5) is 0 Å². The van der Waals surface area contributed by atoms with E-state index in [0.717, 1.165) is 4.77 Å². The van der Waals surface area contributed by atoms with Crippen LogP contribution in [0.2, 0.25) is 0 Å². The Morgan fingerprint density at radius 2 is 2.00 bits per heavy atom. The van der Waals surface area contributed by atoms with Crippen LogP contribution in [0.15, 0.2) is 6.20 Å². The van der Waals surface area contributed by atoms with Crippen LogP contribution in [0, 0.1) is 4.77 Å². The number of hydrogen-bond acceptors (Lipinski definition) is 1. The predicted molar refractivity (Wildman–Crippen MR) is 65.8 cm³/mol. The molecule has 3 heteroatoms. The molecule has 0 spiro atoms. The maximum Gasteiger partial charge on any atom is 0.177 e. The molecule has 1 saturated carbocycles. The first kappa shape index (κ1) is 10.9. The monoisotopic (exact) mass is 224 g/mol. The Morgan fingerprint density at radius 1 is 1.40 bits per heavy atom. The van der Waals surface area contributed by atoms with Gasteiger partial charge >= 0.3 is 0 Å². The van der Waals surface area contributed by atoms with Gasteiger partial charge in [-0.2, -0.15) is 0 Å². The average Bonchev–Trinajstić information content (AvgIpc) is 2.72. The van der Waals surface area contributed by atoms with Crippen LogP contribution in [0.1, 0.15) is 58.1 Å². The molecule has 2 rings (SSSR count). The molecule has 0 aliphatic heterocycles. The average molecular weight is 224 g/mol. The van der Waals surface area contributed by atoms with E-state index >= 15 is 0 Å². The molecule has 84 valence electrons. The van der Waals surface area contributed by atoms with Crippen molar-refractivity contribution in [3.05, 3.63) is 16.7 Å². The third-order valence-electron chi connectivity index (χ3n) is 3.62. The molecular formula is C12H20N2S. The summed E-state index contributed by atoms with van der Waals surface area (Å²) in [6, 6.07) is 0. The lowest BCUT2D eigenvalue weighted by Gasteiger charge is -2.29. The molecule has 1 aliphatic rings. The molecule has 1 aromatic rings. The third-order valence-corrected chi connectivity index (χ3v) is 3.92. The molecule has 1 aromatic heterocycles. The molecule has 2 nitrogen and oxygen atoms in total. The SMILES string of the molecule is CC(C)c1c[nH]c(=S)n1C1(C)CCCC1. The molecule has 15 heavy (non-hydrogen) atoms. The quantitative estimate of drug-likeness (QED) is 0.754. The highest BCUT2D eigenvalue weighted by Gasteiger charge is 2.32. The highest BCUT2D eigenvalue weighted by molar-refractivity contribution is 7.71. The molecule has 1 N–H and O–H groups in total. The van der Waals surface area contributed by atoms with Gasteiger partial charge in [0.25, 0.3) is 0 Å². The lowest BCUT2D eigenvalue weighted by Crippen LogP contribution is -2.28. The third kappa shape index (κ3) is 1.78. The first-order valence-electron chi connectivity index (χ1n) is 5.85. The van der Waals surface area contributed by atoms with E-state index < -0.39 is 0 Å². The summed E-state index contributed by atoms with van der Waals surface area (Å²) in [5.41, 5.74) is 1.61. The van der Waals surface area contributed by atoms with E-state index in [-0.39, 0.29) is 5.54 Å². The Kier molecular flexibility index (Phi) is 2.75. The molecule has 0 unspecified atom stereocenters. The van der Waals surface area contributed by atoms with Crippen LogP contribution < -0.4 is 0 Å². The Morgan fingerprint density at radius 3 is 2.53 bits per heavy atom. The van der Waals surface area contributed by atoms with E-state index in [9.17, 15) is 0 Å². The van der Waals surface area contributed by atoms with Crippen molar-refractivity contribution in [1.82, 2.24) is 9.55 Å². The summed E-state index contributed by atoms with van der Waals surface area (Å²) >= 11 is 5.41. The highest BCUT2D eigenvalue weighted by atomic mass is 32.1. The van der Waals surface area contributed by atoms with Gasteiger partial charge in [-0.05, 0) is 37.9 Å². The van der Waals surface area contributed by atoms with Gasteiger partial charge in [-0.3, -0.25) is 0 Å². The minimum Gasteiger partial charge on any atom is -0.337 e. The summed E-state index contributed by atoms with van der Waals surface area (Å²) in [4.78, 5) is 3.20. The standard InChI is InChI=1S/C12H20N2S/c1-9(2)10-8-13-11(15)14(10)12(3)6-4-5-7-12/h8-9H,4-7H2,1-3H3,(H,13,15). The summed E-state index contributed by atoms with van der Waals surface area (Å²) < 4.78 is 3.25. The lowest BCUT2D eigenvalue weighted by atomic mass is 9.98. The van der Waals surface area contributed by atoms with E-state index in [1.54, 1.807) is 0 Å². The number of H-pyrrole nitrogens is 1. The fourth-order valence-corrected chi connectivity index (χ4v) is 3.11. The van der Waals surface area contributed by atoms with Crippen molar-refractivity contribution >= 4 is 12.2 Å². The summed E-state index contributed by atoms with van der Waals surface area (Å²) in [6.45, 7) is 6.80. The van der Waals surface area contributed by atoms with Crippen molar-refractivity contribution in [2.24, 2.45) is 0 Å². The molecule has 1 fully saturated rings. The molecule has 0 saturated heterocycles. The van der Waals surface area contributed by atoms with E-state index in [2.05, 4.69) is 36.5 Å². The van der Waals surface area contributed by atoms with Crippen LogP contribution >= 0.6 is 12.2 Å². The number of hydrogen-bond donors (Lipinski definition) is 1. The molecule has 0 aromatic carbocycles. The van der Waals surface area contributed by atoms with Crippen molar-refractivity contribution in [1.29, 1.82) is 0 Å². The van der Waals surface area contributed by atoms with E-state index in [0.29, 0.717) is 5.92 Å². The molecule has 0 radical (unpaired) electrons. The maximum atomic E-state index is 5.41. The molecule has 0 atom stereocenters. The van der Waals surface area contributed by atoms with Crippen LogP contribution in [-0.4, -0.2) is 9.55 Å². The second-order valence-corrected chi connectivity index (χ2v) is 5.60. The Bertz CT molecular complexity index is 394. The first-order chi connectivity index (χ1) is 7.04. The molecule has 1 heterocycles. The fraction of sp³-hybridized carbons (Fsp3) is 0.750. The van der Waals surface area contributed by atoms with Crippen molar-refractivity contribution in [3.63, 3.8) is 0 Å². The minimum atomic E-state index is 0.261. The zero-order chi connectivity index (χ0) is 11.1. The lowest BCUT2D eigenvalue weighted by molar-refractivity contribution is 0.313. The number of nitrogens with one attached hydrogen (secondary N) is 1. The molecule has 1 aliphatic carbocycles. The van der Waals surface area contributed by atoms with Crippen LogP contribution in [0.25, 0.3) is 0 Å². The van der Waals surface area contributed by atoms with Crippen molar-refractivity contribution in [2.75, 3.05) is 0 Å². The first-order valence-corrected chi connectivity index (χ1v) is 6.26. The van der Waals surface area contributed by atoms with E-state index in [4.69, 9.17) is 12.2 Å². The van der Waals surface area contributed by atoms with Gasteiger partial charge < -0.3 is 9.55 Å². The van der Waals surface area contributed by atoms with Crippen molar-refractivity contribution in [3.8, 4) is 0 Å². The zero-order valence-electron chi connectivity index (χ0n) is 9.84. The minimum absolute atomic E-state index is 0.261. The summed E-state index contributed by atoms with van der Waals surface area (Å²) in [6.07, 6.45) is 7.27. The second-order valence-electron chi connectivity index (χ2n) is 5.21. The predicted octanol–water partition coefficient (Wildman–Crippen LogP) is 3.96. The van der Waals surface area contributed by atoms with Crippen LogP contribution in [-0.2, 0) is 5.54 Å².